The van der Waals surface area contributed by atoms with Gasteiger partial charge in [-0.1, -0.05) is 30.3 Å². The fourth-order valence-electron chi connectivity index (χ4n) is 3.30. The number of rotatable bonds is 8. The number of aryl methyl sites for hydroxylation is 2. The maximum Gasteiger partial charge on any atom is 0.340 e. The predicted octanol–water partition coefficient (Wildman–Crippen LogP) is 4.04. The van der Waals surface area contributed by atoms with E-state index >= 15 is 0 Å². The lowest BCUT2D eigenvalue weighted by Gasteiger charge is -2.09. The highest BCUT2D eigenvalue weighted by atomic mass is 32.1. The molecule has 3 aromatic rings. The van der Waals surface area contributed by atoms with Crippen LogP contribution in [0, 0.1) is 20.8 Å². The molecular weight excluding hydrogens is 384 g/mol. The van der Waals surface area contributed by atoms with Crippen molar-refractivity contribution in [2.24, 2.45) is 0 Å². The van der Waals surface area contributed by atoms with E-state index < -0.39 is 5.97 Å². The number of benzene rings is 1. The Hall–Kier alpha value is -2.86. The average Bonchev–Trinajstić information content (AvgIpc) is 3.31. The van der Waals surface area contributed by atoms with Crippen LogP contribution in [-0.4, -0.2) is 29.6 Å². The standard InChI is InChI=1S/C23H26N2O3S/c1-16-7-4-5-8-19(16)10-11-24-22(26)15-28-23(27)21-13-17(2)25(18(21)3)14-20-9-6-12-29-20/h4-9,12-13H,10-11,14-15H2,1-3H3,(H,24,26). The summed E-state index contributed by atoms with van der Waals surface area (Å²) in [5, 5.41) is 4.84. The summed E-state index contributed by atoms with van der Waals surface area (Å²) < 4.78 is 7.33. The summed E-state index contributed by atoms with van der Waals surface area (Å²) >= 11 is 1.68. The van der Waals surface area contributed by atoms with E-state index in [4.69, 9.17) is 4.74 Å². The maximum absolute atomic E-state index is 12.5. The molecule has 6 heteroatoms. The van der Waals surface area contributed by atoms with Crippen molar-refractivity contribution in [3.8, 4) is 0 Å². The molecule has 1 aromatic carbocycles. The zero-order chi connectivity index (χ0) is 20.8. The van der Waals surface area contributed by atoms with E-state index in [2.05, 4.69) is 16.0 Å². The monoisotopic (exact) mass is 410 g/mol. The average molecular weight is 411 g/mol. The molecule has 2 aromatic heterocycles. The van der Waals surface area contributed by atoms with Crippen LogP contribution in [0.3, 0.4) is 0 Å². The van der Waals surface area contributed by atoms with Crippen LogP contribution in [0.5, 0.6) is 0 Å². The van der Waals surface area contributed by atoms with E-state index in [1.807, 2.05) is 62.5 Å². The number of amides is 1. The summed E-state index contributed by atoms with van der Waals surface area (Å²) in [6.07, 6.45) is 0.746. The molecule has 0 aliphatic rings. The van der Waals surface area contributed by atoms with Crippen LogP contribution in [0.4, 0.5) is 0 Å². The quantitative estimate of drug-likeness (QED) is 0.570. The van der Waals surface area contributed by atoms with Gasteiger partial charge in [-0.2, -0.15) is 0 Å². The van der Waals surface area contributed by atoms with Crippen molar-refractivity contribution in [1.82, 2.24) is 9.88 Å². The highest BCUT2D eigenvalue weighted by Gasteiger charge is 2.18. The Morgan fingerprint density at radius 2 is 1.90 bits per heavy atom. The lowest BCUT2D eigenvalue weighted by Crippen LogP contribution is -2.30. The summed E-state index contributed by atoms with van der Waals surface area (Å²) in [6.45, 7) is 6.88. The van der Waals surface area contributed by atoms with Crippen LogP contribution < -0.4 is 5.32 Å². The third-order valence-electron chi connectivity index (χ3n) is 5.00. The summed E-state index contributed by atoms with van der Waals surface area (Å²) in [7, 11) is 0. The highest BCUT2D eigenvalue weighted by Crippen LogP contribution is 2.20. The van der Waals surface area contributed by atoms with Crippen molar-refractivity contribution in [1.29, 1.82) is 0 Å². The van der Waals surface area contributed by atoms with E-state index in [0.29, 0.717) is 12.1 Å². The third kappa shape index (κ3) is 5.35. The number of carbonyl (C=O) groups excluding carboxylic acids is 2. The van der Waals surface area contributed by atoms with Gasteiger partial charge >= 0.3 is 5.97 Å². The minimum atomic E-state index is -0.468. The molecule has 29 heavy (non-hydrogen) atoms. The van der Waals surface area contributed by atoms with E-state index in [9.17, 15) is 9.59 Å². The molecule has 3 rings (SSSR count). The van der Waals surface area contributed by atoms with Crippen molar-refractivity contribution >= 4 is 23.2 Å². The molecule has 0 aliphatic heterocycles. The number of hydrogen-bond acceptors (Lipinski definition) is 4. The molecule has 0 spiro atoms. The smallest absolute Gasteiger partial charge is 0.340 e. The number of aromatic nitrogens is 1. The molecule has 2 heterocycles. The SMILES string of the molecule is Cc1ccccc1CCNC(=O)COC(=O)c1cc(C)n(Cc2cccs2)c1C. The van der Waals surface area contributed by atoms with Gasteiger partial charge in [-0.05, 0) is 55.8 Å². The summed E-state index contributed by atoms with van der Waals surface area (Å²) in [5.41, 5.74) is 4.74. The molecule has 0 atom stereocenters. The van der Waals surface area contributed by atoms with Gasteiger partial charge in [0, 0.05) is 22.8 Å². The largest absolute Gasteiger partial charge is 0.452 e. The molecule has 0 fully saturated rings. The first kappa shape index (κ1) is 20.9. The van der Waals surface area contributed by atoms with Gasteiger partial charge in [0.2, 0.25) is 0 Å². The second-order valence-electron chi connectivity index (χ2n) is 7.05. The molecule has 0 bridgehead atoms. The van der Waals surface area contributed by atoms with Crippen LogP contribution in [0.1, 0.15) is 37.7 Å². The van der Waals surface area contributed by atoms with Gasteiger partial charge < -0.3 is 14.6 Å². The van der Waals surface area contributed by atoms with Crippen LogP contribution in [0.25, 0.3) is 0 Å². The minimum Gasteiger partial charge on any atom is -0.452 e. The Labute approximate surface area is 175 Å². The second-order valence-corrected chi connectivity index (χ2v) is 8.09. The first-order valence-electron chi connectivity index (χ1n) is 9.63. The molecule has 0 saturated carbocycles. The molecule has 0 radical (unpaired) electrons. The molecular formula is C23H26N2O3S. The first-order valence-corrected chi connectivity index (χ1v) is 10.5. The van der Waals surface area contributed by atoms with Crippen LogP contribution >= 0.6 is 11.3 Å². The van der Waals surface area contributed by atoms with Gasteiger partial charge in [0.05, 0.1) is 12.1 Å². The van der Waals surface area contributed by atoms with Crippen LogP contribution in [0.2, 0.25) is 0 Å². The van der Waals surface area contributed by atoms with Gasteiger partial charge in [-0.15, -0.1) is 11.3 Å². The fourth-order valence-corrected chi connectivity index (χ4v) is 3.99. The third-order valence-corrected chi connectivity index (χ3v) is 5.86. The number of thiophene rings is 1. The second kappa shape index (κ2) is 9.56. The van der Waals surface area contributed by atoms with Crippen molar-refractivity contribution in [3.63, 3.8) is 0 Å². The lowest BCUT2D eigenvalue weighted by atomic mass is 10.1. The topological polar surface area (TPSA) is 60.3 Å². The van der Waals surface area contributed by atoms with Gasteiger partial charge in [0.15, 0.2) is 6.61 Å². The molecule has 0 saturated heterocycles. The van der Waals surface area contributed by atoms with Crippen LogP contribution in [-0.2, 0) is 22.5 Å². The summed E-state index contributed by atoms with van der Waals surface area (Å²) in [4.78, 5) is 25.7. The number of esters is 1. The Balaban J connectivity index is 1.50. The van der Waals surface area contributed by atoms with Crippen molar-refractivity contribution < 1.29 is 14.3 Å². The molecule has 1 amide bonds. The van der Waals surface area contributed by atoms with E-state index in [1.54, 1.807) is 11.3 Å². The fraction of sp³-hybridized carbons (Fsp3) is 0.304. The number of nitrogens with one attached hydrogen (secondary N) is 1. The molecule has 5 nitrogen and oxygen atoms in total. The molecule has 152 valence electrons. The van der Waals surface area contributed by atoms with Gasteiger partial charge in [-0.3, -0.25) is 4.79 Å². The Kier molecular flexibility index (Phi) is 6.88. The van der Waals surface area contributed by atoms with Gasteiger partial charge in [-0.25, -0.2) is 4.79 Å². The van der Waals surface area contributed by atoms with Crippen LogP contribution in [0.15, 0.2) is 47.8 Å². The summed E-state index contributed by atoms with van der Waals surface area (Å²) in [6, 6.07) is 14.0. The van der Waals surface area contributed by atoms with Crippen molar-refractivity contribution in [2.75, 3.05) is 13.2 Å². The first-order chi connectivity index (χ1) is 14.0. The summed E-state index contributed by atoms with van der Waals surface area (Å²) in [5.74, 6) is -0.760. The van der Waals surface area contributed by atoms with E-state index in [-0.39, 0.29) is 12.5 Å². The van der Waals surface area contributed by atoms with Crippen molar-refractivity contribution in [2.45, 2.75) is 33.7 Å². The van der Waals surface area contributed by atoms with E-state index in [1.165, 1.54) is 16.0 Å². The number of nitrogens with zero attached hydrogens (tertiary/aromatic N) is 1. The lowest BCUT2D eigenvalue weighted by molar-refractivity contribution is -0.124. The minimum absolute atomic E-state index is 0.277. The number of hydrogen-bond donors (Lipinski definition) is 1. The Bertz CT molecular complexity index is 990. The Morgan fingerprint density at radius 1 is 1.10 bits per heavy atom. The zero-order valence-electron chi connectivity index (χ0n) is 17.0. The molecule has 0 aliphatic carbocycles. The normalized spacial score (nSPS) is 10.7. The van der Waals surface area contributed by atoms with E-state index in [0.717, 1.165) is 24.4 Å². The Morgan fingerprint density at radius 3 is 2.62 bits per heavy atom. The maximum atomic E-state index is 12.5. The van der Waals surface area contributed by atoms with Gasteiger partial charge in [0.1, 0.15) is 0 Å². The van der Waals surface area contributed by atoms with Crippen molar-refractivity contribution in [3.05, 3.63) is 80.8 Å². The predicted molar refractivity (Wildman–Crippen MR) is 116 cm³/mol. The molecule has 1 N–H and O–H groups in total. The highest BCUT2D eigenvalue weighted by molar-refractivity contribution is 7.09. The van der Waals surface area contributed by atoms with Gasteiger partial charge in [0.25, 0.3) is 5.91 Å². The zero-order valence-corrected chi connectivity index (χ0v) is 17.8. The molecule has 0 unspecified atom stereocenters. The number of carbonyl (C=O) groups is 2. The number of ether oxygens (including phenoxy) is 1.